The number of hydrogen-bond donors (Lipinski definition) is 1. The second-order valence-electron chi connectivity index (χ2n) is 4.47. The monoisotopic (exact) mass is 192 g/mol. The van der Waals surface area contributed by atoms with Crippen molar-refractivity contribution in [3.63, 3.8) is 0 Å². The van der Waals surface area contributed by atoms with Crippen LogP contribution in [0.4, 0.5) is 11.4 Å². The highest BCUT2D eigenvalue weighted by molar-refractivity contribution is 5.68. The lowest BCUT2D eigenvalue weighted by Crippen LogP contribution is -2.41. The number of anilines is 2. The van der Waals surface area contributed by atoms with Crippen LogP contribution in [0, 0.1) is 0 Å². The molecule has 0 bridgehead atoms. The van der Waals surface area contributed by atoms with Crippen LogP contribution in [0.25, 0.3) is 0 Å². The maximum Gasteiger partial charge on any atom is 0.0604 e. The molecule has 0 heterocycles. The van der Waals surface area contributed by atoms with Crippen LogP contribution in [0.2, 0.25) is 0 Å². The molecule has 0 spiro atoms. The number of rotatable bonds is 2. The van der Waals surface area contributed by atoms with Crippen LogP contribution in [-0.2, 0) is 0 Å². The summed E-state index contributed by atoms with van der Waals surface area (Å²) in [4.78, 5) is 2.31. The smallest absolute Gasteiger partial charge is 0.0604 e. The highest BCUT2D eigenvalue weighted by atomic mass is 15.2. The SMILES string of the molecule is CCN(c1ccccc1N)C(C)(C)C. The van der Waals surface area contributed by atoms with Gasteiger partial charge in [0.05, 0.1) is 11.4 Å². The fourth-order valence-electron chi connectivity index (χ4n) is 1.74. The van der Waals surface area contributed by atoms with Crippen molar-refractivity contribution in [2.24, 2.45) is 0 Å². The van der Waals surface area contributed by atoms with Gasteiger partial charge in [0.2, 0.25) is 0 Å². The summed E-state index contributed by atoms with van der Waals surface area (Å²) in [7, 11) is 0. The minimum atomic E-state index is 0.115. The van der Waals surface area contributed by atoms with Gasteiger partial charge in [0.25, 0.3) is 0 Å². The van der Waals surface area contributed by atoms with Gasteiger partial charge in [-0.15, -0.1) is 0 Å². The molecule has 0 saturated heterocycles. The van der Waals surface area contributed by atoms with Crippen molar-refractivity contribution in [3.8, 4) is 0 Å². The zero-order valence-electron chi connectivity index (χ0n) is 9.54. The summed E-state index contributed by atoms with van der Waals surface area (Å²) >= 11 is 0. The second-order valence-corrected chi connectivity index (χ2v) is 4.47. The van der Waals surface area contributed by atoms with E-state index < -0.39 is 0 Å². The summed E-state index contributed by atoms with van der Waals surface area (Å²) in [5.74, 6) is 0. The van der Waals surface area contributed by atoms with Crippen molar-refractivity contribution in [3.05, 3.63) is 24.3 Å². The maximum absolute atomic E-state index is 5.95. The normalized spacial score (nSPS) is 11.4. The van der Waals surface area contributed by atoms with Crippen LogP contribution in [0.5, 0.6) is 0 Å². The van der Waals surface area contributed by atoms with E-state index in [4.69, 9.17) is 5.73 Å². The van der Waals surface area contributed by atoms with Gasteiger partial charge in [-0.3, -0.25) is 0 Å². The maximum atomic E-state index is 5.95. The molecule has 0 aliphatic carbocycles. The topological polar surface area (TPSA) is 29.3 Å². The van der Waals surface area contributed by atoms with Gasteiger partial charge in [-0.05, 0) is 39.8 Å². The van der Waals surface area contributed by atoms with Crippen molar-refractivity contribution < 1.29 is 0 Å². The Hall–Kier alpha value is -1.18. The Bertz CT molecular complexity index is 299. The van der Waals surface area contributed by atoms with Crippen LogP contribution in [-0.4, -0.2) is 12.1 Å². The predicted molar refractivity (Wildman–Crippen MR) is 63.6 cm³/mol. The van der Waals surface area contributed by atoms with Crippen LogP contribution in [0.15, 0.2) is 24.3 Å². The first-order valence-electron chi connectivity index (χ1n) is 5.09. The molecule has 0 unspecified atom stereocenters. The lowest BCUT2D eigenvalue weighted by atomic mass is 10.0. The van der Waals surface area contributed by atoms with E-state index in [0.717, 1.165) is 17.9 Å². The summed E-state index contributed by atoms with van der Waals surface area (Å²) in [5.41, 5.74) is 8.05. The second kappa shape index (κ2) is 3.91. The minimum absolute atomic E-state index is 0.115. The van der Waals surface area contributed by atoms with Crippen LogP contribution in [0.1, 0.15) is 27.7 Å². The number of nitrogen functional groups attached to an aromatic ring is 1. The van der Waals surface area contributed by atoms with E-state index in [1.165, 1.54) is 0 Å². The molecule has 2 heteroatoms. The van der Waals surface area contributed by atoms with E-state index in [0.29, 0.717) is 0 Å². The number of para-hydroxylation sites is 2. The molecule has 2 nitrogen and oxygen atoms in total. The molecule has 0 aliphatic rings. The third-order valence-corrected chi connectivity index (χ3v) is 2.35. The van der Waals surface area contributed by atoms with Crippen LogP contribution < -0.4 is 10.6 Å². The van der Waals surface area contributed by atoms with Gasteiger partial charge in [0.15, 0.2) is 0 Å². The molecule has 0 aromatic heterocycles. The van der Waals surface area contributed by atoms with E-state index in [9.17, 15) is 0 Å². The third-order valence-electron chi connectivity index (χ3n) is 2.35. The quantitative estimate of drug-likeness (QED) is 0.730. The molecular weight excluding hydrogens is 172 g/mol. The first-order valence-corrected chi connectivity index (χ1v) is 5.09. The molecular formula is C12H20N2. The molecule has 14 heavy (non-hydrogen) atoms. The Balaban J connectivity index is 3.08. The summed E-state index contributed by atoms with van der Waals surface area (Å²) < 4.78 is 0. The Kier molecular flexibility index (Phi) is 3.04. The van der Waals surface area contributed by atoms with Gasteiger partial charge in [0, 0.05) is 12.1 Å². The number of benzene rings is 1. The van der Waals surface area contributed by atoms with Crippen molar-refractivity contribution in [2.45, 2.75) is 33.2 Å². The van der Waals surface area contributed by atoms with E-state index in [1.54, 1.807) is 0 Å². The molecule has 78 valence electrons. The van der Waals surface area contributed by atoms with Crippen molar-refractivity contribution in [1.29, 1.82) is 0 Å². The lowest BCUT2D eigenvalue weighted by molar-refractivity contribution is 0.514. The number of nitrogens with two attached hydrogens (primary N) is 1. The van der Waals surface area contributed by atoms with Gasteiger partial charge >= 0.3 is 0 Å². The Morgan fingerprint density at radius 2 is 1.79 bits per heavy atom. The predicted octanol–water partition coefficient (Wildman–Crippen LogP) is 2.89. The fraction of sp³-hybridized carbons (Fsp3) is 0.500. The van der Waals surface area contributed by atoms with Crippen molar-refractivity contribution >= 4 is 11.4 Å². The molecule has 1 aromatic carbocycles. The van der Waals surface area contributed by atoms with Gasteiger partial charge in [-0.1, -0.05) is 12.1 Å². The molecule has 0 radical (unpaired) electrons. The first-order chi connectivity index (χ1) is 6.46. The average molecular weight is 192 g/mol. The van der Waals surface area contributed by atoms with Gasteiger partial charge in [-0.25, -0.2) is 0 Å². The molecule has 0 aliphatic heterocycles. The molecule has 1 rings (SSSR count). The van der Waals surface area contributed by atoms with Crippen LogP contribution in [0.3, 0.4) is 0 Å². The van der Waals surface area contributed by atoms with Crippen molar-refractivity contribution in [1.82, 2.24) is 0 Å². The molecule has 1 aromatic rings. The van der Waals surface area contributed by atoms with E-state index in [-0.39, 0.29) is 5.54 Å². The molecule has 0 fully saturated rings. The van der Waals surface area contributed by atoms with Gasteiger partial charge < -0.3 is 10.6 Å². The zero-order chi connectivity index (χ0) is 10.8. The minimum Gasteiger partial charge on any atom is -0.397 e. The molecule has 2 N–H and O–H groups in total. The van der Waals surface area contributed by atoms with Crippen molar-refractivity contribution in [2.75, 3.05) is 17.2 Å². The average Bonchev–Trinajstić information content (AvgIpc) is 2.07. The summed E-state index contributed by atoms with van der Waals surface area (Å²) in [6.07, 6.45) is 0. The Labute approximate surface area is 86.7 Å². The van der Waals surface area contributed by atoms with Crippen LogP contribution >= 0.6 is 0 Å². The van der Waals surface area contributed by atoms with E-state index in [1.807, 2.05) is 18.2 Å². The zero-order valence-corrected chi connectivity index (χ0v) is 9.54. The number of hydrogen-bond acceptors (Lipinski definition) is 2. The van der Waals surface area contributed by atoms with Gasteiger partial charge in [-0.2, -0.15) is 0 Å². The summed E-state index contributed by atoms with van der Waals surface area (Å²) in [6.45, 7) is 9.71. The fourth-order valence-corrected chi connectivity index (χ4v) is 1.74. The highest BCUT2D eigenvalue weighted by Gasteiger charge is 2.21. The largest absolute Gasteiger partial charge is 0.397 e. The lowest BCUT2D eigenvalue weighted by Gasteiger charge is -2.37. The van der Waals surface area contributed by atoms with E-state index >= 15 is 0 Å². The summed E-state index contributed by atoms with van der Waals surface area (Å²) in [6, 6.07) is 8.02. The molecule has 0 saturated carbocycles. The Morgan fingerprint density at radius 1 is 1.21 bits per heavy atom. The molecule has 0 atom stereocenters. The molecule has 0 amide bonds. The number of nitrogens with zero attached hydrogens (tertiary/aromatic N) is 1. The first kappa shape index (κ1) is 10.9. The third kappa shape index (κ3) is 2.19. The standard InChI is InChI=1S/C12H20N2/c1-5-14(12(2,3)4)11-9-7-6-8-10(11)13/h6-9H,5,13H2,1-4H3. The van der Waals surface area contributed by atoms with E-state index in [2.05, 4.69) is 38.7 Å². The van der Waals surface area contributed by atoms with Gasteiger partial charge in [0.1, 0.15) is 0 Å². The highest BCUT2D eigenvalue weighted by Crippen LogP contribution is 2.28. The summed E-state index contributed by atoms with van der Waals surface area (Å²) in [5, 5.41) is 0. The Morgan fingerprint density at radius 3 is 2.21 bits per heavy atom.